The maximum atomic E-state index is 13.9. The van der Waals surface area contributed by atoms with Gasteiger partial charge in [-0.1, -0.05) is 17.7 Å². The minimum atomic E-state index is -0.751. The lowest BCUT2D eigenvalue weighted by Crippen LogP contribution is -2.27. The van der Waals surface area contributed by atoms with E-state index < -0.39 is 11.9 Å². The predicted molar refractivity (Wildman–Crippen MR) is 124 cm³/mol. The molecule has 0 bridgehead atoms. The van der Waals surface area contributed by atoms with Crippen LogP contribution >= 0.6 is 11.6 Å². The molecule has 1 aromatic carbocycles. The molecule has 0 spiro atoms. The lowest BCUT2D eigenvalue weighted by atomic mass is 10.1. The first-order valence-electron chi connectivity index (χ1n) is 10.3. The molecule has 0 saturated heterocycles. The van der Waals surface area contributed by atoms with Gasteiger partial charge in [0.2, 0.25) is 5.95 Å². The van der Waals surface area contributed by atoms with E-state index in [4.69, 9.17) is 11.6 Å². The lowest BCUT2D eigenvalue weighted by molar-refractivity contribution is 0.247. The van der Waals surface area contributed by atoms with Crippen molar-refractivity contribution in [2.45, 2.75) is 25.9 Å². The summed E-state index contributed by atoms with van der Waals surface area (Å²) >= 11 is 5.75. The van der Waals surface area contributed by atoms with Crippen LogP contribution in [0.4, 0.5) is 16.0 Å². The highest BCUT2D eigenvalue weighted by molar-refractivity contribution is 6.30. The van der Waals surface area contributed by atoms with Crippen molar-refractivity contribution in [2.24, 2.45) is 0 Å². The van der Waals surface area contributed by atoms with E-state index in [1.807, 2.05) is 24.7 Å². The number of rotatable bonds is 7. The Balaban J connectivity index is 1.60. The highest BCUT2D eigenvalue weighted by Crippen LogP contribution is 2.24. The summed E-state index contributed by atoms with van der Waals surface area (Å²) in [6.07, 6.45) is 6.69. The van der Waals surface area contributed by atoms with E-state index in [-0.39, 0.29) is 23.2 Å². The quantitative estimate of drug-likeness (QED) is 0.422. The summed E-state index contributed by atoms with van der Waals surface area (Å²) in [7, 11) is 0. The van der Waals surface area contributed by atoms with Crippen LogP contribution in [0.1, 0.15) is 31.5 Å². The molecule has 1 atom stereocenters. The van der Waals surface area contributed by atoms with Gasteiger partial charge in [0, 0.05) is 36.3 Å². The molecule has 4 rings (SSSR count). The van der Waals surface area contributed by atoms with Gasteiger partial charge in [0.1, 0.15) is 5.82 Å². The number of pyridine rings is 1. The smallest absolute Gasteiger partial charge is 0.251 e. The Kier molecular flexibility index (Phi) is 6.52. The molecule has 170 valence electrons. The molecule has 0 fully saturated rings. The number of hydrogen-bond donors (Lipinski definition) is 2. The van der Waals surface area contributed by atoms with Gasteiger partial charge < -0.3 is 15.0 Å². The summed E-state index contributed by atoms with van der Waals surface area (Å²) in [4.78, 5) is 21.6. The fourth-order valence-electron chi connectivity index (χ4n) is 3.37. The van der Waals surface area contributed by atoms with Gasteiger partial charge in [-0.3, -0.25) is 9.48 Å². The molecule has 3 aromatic heterocycles. The second kappa shape index (κ2) is 9.51. The van der Waals surface area contributed by atoms with E-state index in [9.17, 15) is 14.3 Å². The number of aromatic nitrogens is 5. The SMILES string of the molecule is CC(C)n1cc(Nc2nccc(-c3ccn([C@H](CO)c4ccc(Cl)c(F)c4)c(=O)c3)n2)cn1. The molecule has 0 saturated carbocycles. The Bertz CT molecular complexity index is 1340. The predicted octanol–water partition coefficient (Wildman–Crippen LogP) is 4.20. The molecule has 4 aromatic rings. The van der Waals surface area contributed by atoms with Gasteiger partial charge in [0.25, 0.3) is 5.56 Å². The molecular formula is C23H22ClFN6O2. The normalized spacial score (nSPS) is 12.2. The summed E-state index contributed by atoms with van der Waals surface area (Å²) in [6.45, 7) is 3.67. The van der Waals surface area contributed by atoms with E-state index in [0.29, 0.717) is 22.8 Å². The second-order valence-corrected chi connectivity index (χ2v) is 8.13. The van der Waals surface area contributed by atoms with Crippen molar-refractivity contribution in [3.63, 3.8) is 0 Å². The number of halogens is 2. The van der Waals surface area contributed by atoms with Crippen LogP contribution in [0.25, 0.3) is 11.3 Å². The molecule has 10 heteroatoms. The fraction of sp³-hybridized carbons (Fsp3) is 0.217. The minimum absolute atomic E-state index is 0.0251. The largest absolute Gasteiger partial charge is 0.394 e. The van der Waals surface area contributed by atoms with Crippen molar-refractivity contribution in [3.8, 4) is 11.3 Å². The average molecular weight is 469 g/mol. The van der Waals surface area contributed by atoms with Crippen molar-refractivity contribution in [1.82, 2.24) is 24.3 Å². The Morgan fingerprint density at radius 3 is 2.70 bits per heavy atom. The van der Waals surface area contributed by atoms with Gasteiger partial charge in [-0.25, -0.2) is 14.4 Å². The van der Waals surface area contributed by atoms with E-state index >= 15 is 0 Å². The third-order valence-electron chi connectivity index (χ3n) is 5.12. The Morgan fingerprint density at radius 2 is 2.03 bits per heavy atom. The maximum Gasteiger partial charge on any atom is 0.251 e. The first-order chi connectivity index (χ1) is 15.9. The molecular weight excluding hydrogens is 447 g/mol. The molecule has 33 heavy (non-hydrogen) atoms. The first kappa shape index (κ1) is 22.6. The van der Waals surface area contributed by atoms with Crippen LogP contribution in [-0.2, 0) is 0 Å². The van der Waals surface area contributed by atoms with Crippen molar-refractivity contribution >= 4 is 23.2 Å². The van der Waals surface area contributed by atoms with Crippen molar-refractivity contribution < 1.29 is 9.50 Å². The van der Waals surface area contributed by atoms with Gasteiger partial charge in [0.15, 0.2) is 0 Å². The highest BCUT2D eigenvalue weighted by Gasteiger charge is 2.16. The van der Waals surface area contributed by atoms with E-state index in [1.165, 1.54) is 22.8 Å². The number of nitrogens with zero attached hydrogens (tertiary/aromatic N) is 5. The van der Waals surface area contributed by atoms with E-state index in [0.717, 1.165) is 5.69 Å². The third-order valence-corrected chi connectivity index (χ3v) is 5.43. The standard InChI is InChI=1S/C23H22ClFN6O2/c1-14(2)31-12-17(11-27-31)28-23-26-7-5-20(29-23)15-6-8-30(22(33)10-15)21(13-32)16-3-4-18(24)19(25)9-16/h3-12,14,21,32H,13H2,1-2H3,(H,26,28,29)/t21-/m1/s1. The molecule has 8 nitrogen and oxygen atoms in total. The average Bonchev–Trinajstić information content (AvgIpc) is 3.27. The lowest BCUT2D eigenvalue weighted by Gasteiger charge is -2.18. The van der Waals surface area contributed by atoms with E-state index in [2.05, 4.69) is 20.4 Å². The van der Waals surface area contributed by atoms with E-state index in [1.54, 1.807) is 36.8 Å². The first-order valence-corrected chi connectivity index (χ1v) is 10.7. The molecule has 0 aliphatic rings. The summed E-state index contributed by atoms with van der Waals surface area (Å²) < 4.78 is 17.0. The molecule has 0 amide bonds. The van der Waals surface area contributed by atoms with Crippen LogP contribution in [-0.4, -0.2) is 36.0 Å². The van der Waals surface area contributed by atoms with Crippen molar-refractivity contribution in [3.05, 3.63) is 87.9 Å². The number of nitrogens with one attached hydrogen (secondary N) is 1. The zero-order chi connectivity index (χ0) is 23.5. The number of aliphatic hydroxyl groups is 1. The fourth-order valence-corrected chi connectivity index (χ4v) is 3.49. The van der Waals surface area contributed by atoms with Gasteiger partial charge in [-0.15, -0.1) is 0 Å². The molecule has 3 heterocycles. The van der Waals surface area contributed by atoms with Gasteiger partial charge in [0.05, 0.1) is 35.2 Å². The van der Waals surface area contributed by atoms with Crippen LogP contribution < -0.4 is 10.9 Å². The molecule has 0 radical (unpaired) electrons. The molecule has 2 N–H and O–H groups in total. The van der Waals surface area contributed by atoms with Gasteiger partial charge in [-0.2, -0.15) is 5.10 Å². The Hall–Kier alpha value is -3.56. The van der Waals surface area contributed by atoms with Gasteiger partial charge in [-0.05, 0) is 43.7 Å². The molecule has 0 aliphatic carbocycles. The van der Waals surface area contributed by atoms with Crippen LogP contribution in [0.3, 0.4) is 0 Å². The Morgan fingerprint density at radius 1 is 1.21 bits per heavy atom. The van der Waals surface area contributed by atoms with Crippen LogP contribution in [0.15, 0.2) is 66.0 Å². The summed E-state index contributed by atoms with van der Waals surface area (Å²) in [5.74, 6) is -0.248. The van der Waals surface area contributed by atoms with Crippen LogP contribution in [0.5, 0.6) is 0 Å². The molecule has 0 unspecified atom stereocenters. The molecule has 0 aliphatic heterocycles. The topological polar surface area (TPSA) is 97.9 Å². The van der Waals surface area contributed by atoms with Crippen LogP contribution in [0, 0.1) is 5.82 Å². The van der Waals surface area contributed by atoms with Crippen molar-refractivity contribution in [2.75, 3.05) is 11.9 Å². The highest BCUT2D eigenvalue weighted by atomic mass is 35.5. The summed E-state index contributed by atoms with van der Waals surface area (Å²) in [5, 5.41) is 17.2. The number of aliphatic hydroxyl groups excluding tert-OH is 1. The number of benzene rings is 1. The maximum absolute atomic E-state index is 13.9. The summed E-state index contributed by atoms with van der Waals surface area (Å²) in [5.41, 5.74) is 1.94. The zero-order valence-corrected chi connectivity index (χ0v) is 18.7. The minimum Gasteiger partial charge on any atom is -0.394 e. The summed E-state index contributed by atoms with van der Waals surface area (Å²) in [6, 6.07) is 8.49. The van der Waals surface area contributed by atoms with Gasteiger partial charge >= 0.3 is 0 Å². The van der Waals surface area contributed by atoms with Crippen LogP contribution in [0.2, 0.25) is 5.02 Å². The third kappa shape index (κ3) is 4.94. The number of hydrogen-bond acceptors (Lipinski definition) is 6. The monoisotopic (exact) mass is 468 g/mol. The Labute approximate surface area is 194 Å². The van der Waals surface area contributed by atoms with Crippen molar-refractivity contribution in [1.29, 1.82) is 0 Å². The second-order valence-electron chi connectivity index (χ2n) is 7.73. The number of anilines is 2. The zero-order valence-electron chi connectivity index (χ0n) is 18.0.